The molecular formula is C24H30N4O3S2. The van der Waals surface area contributed by atoms with Crippen LogP contribution >= 0.6 is 23.1 Å². The number of likely N-dealkylation sites (N-methyl/N-ethyl adjacent to an activating group) is 1. The quantitative estimate of drug-likeness (QED) is 0.427. The number of aromatic amines is 1. The van der Waals surface area contributed by atoms with E-state index in [0.29, 0.717) is 30.3 Å². The fraction of sp³-hybridized carbons (Fsp3) is 0.458. The van der Waals surface area contributed by atoms with Crippen molar-refractivity contribution in [3.05, 3.63) is 56.4 Å². The number of amides is 1. The molecule has 2 heterocycles. The van der Waals surface area contributed by atoms with Gasteiger partial charge < -0.3 is 19.9 Å². The van der Waals surface area contributed by atoms with Gasteiger partial charge in [0.1, 0.15) is 16.4 Å². The molecule has 0 aliphatic heterocycles. The molecule has 3 aromatic rings. The van der Waals surface area contributed by atoms with E-state index in [1.54, 1.807) is 30.2 Å². The number of nitrogens with one attached hydrogen (secondary N) is 2. The molecule has 2 N–H and O–H groups in total. The lowest BCUT2D eigenvalue weighted by atomic mass is 10.1. The number of fused-ring (bicyclic) bond motifs is 3. The molecule has 0 saturated carbocycles. The number of thioether (sulfide) groups is 1. The predicted octanol–water partition coefficient (Wildman–Crippen LogP) is 3.52. The zero-order valence-electron chi connectivity index (χ0n) is 19.3. The van der Waals surface area contributed by atoms with Gasteiger partial charge in [-0.1, -0.05) is 12.1 Å². The van der Waals surface area contributed by atoms with Crippen LogP contribution < -0.4 is 15.6 Å². The summed E-state index contributed by atoms with van der Waals surface area (Å²) in [6, 6.07) is 8.01. The average Bonchev–Trinajstić information content (AvgIpc) is 3.38. The van der Waals surface area contributed by atoms with Crippen LogP contribution in [0, 0.1) is 0 Å². The summed E-state index contributed by atoms with van der Waals surface area (Å²) >= 11 is 3.27. The van der Waals surface area contributed by atoms with Gasteiger partial charge in [0.2, 0.25) is 5.91 Å². The maximum Gasteiger partial charge on any atom is 0.259 e. The van der Waals surface area contributed by atoms with E-state index in [4.69, 9.17) is 4.74 Å². The third-order valence-corrected chi connectivity index (χ3v) is 8.11. The van der Waals surface area contributed by atoms with Crippen LogP contribution in [0.3, 0.4) is 0 Å². The largest absolute Gasteiger partial charge is 0.497 e. The second-order valence-electron chi connectivity index (χ2n) is 8.41. The topological polar surface area (TPSA) is 87.3 Å². The van der Waals surface area contributed by atoms with Crippen LogP contribution in [-0.4, -0.2) is 54.3 Å². The molecule has 0 fully saturated rings. The summed E-state index contributed by atoms with van der Waals surface area (Å²) in [6.45, 7) is 0.539. The highest BCUT2D eigenvalue weighted by molar-refractivity contribution is 7.98. The van der Waals surface area contributed by atoms with Gasteiger partial charge >= 0.3 is 0 Å². The van der Waals surface area contributed by atoms with Crippen LogP contribution in [0.4, 0.5) is 0 Å². The lowest BCUT2D eigenvalue weighted by molar-refractivity contribution is -0.120. The number of thiophene rings is 1. The maximum absolute atomic E-state index is 12.5. The maximum atomic E-state index is 12.5. The van der Waals surface area contributed by atoms with E-state index in [-0.39, 0.29) is 17.5 Å². The first-order valence-corrected chi connectivity index (χ1v) is 13.1. The van der Waals surface area contributed by atoms with Crippen molar-refractivity contribution in [3.63, 3.8) is 0 Å². The number of carbonyl (C=O) groups is 1. The molecule has 4 rings (SSSR count). The number of carbonyl (C=O) groups excluding carboxylic acids is 1. The summed E-state index contributed by atoms with van der Waals surface area (Å²) in [5.41, 5.74) is 2.30. The Kier molecular flexibility index (Phi) is 7.72. The van der Waals surface area contributed by atoms with E-state index >= 15 is 0 Å². The number of aromatic nitrogens is 2. The molecule has 0 saturated heterocycles. The van der Waals surface area contributed by atoms with Gasteiger partial charge in [-0.25, -0.2) is 4.98 Å². The van der Waals surface area contributed by atoms with Crippen molar-refractivity contribution in [2.45, 2.75) is 37.5 Å². The first-order valence-electron chi connectivity index (χ1n) is 11.1. The van der Waals surface area contributed by atoms with E-state index in [1.807, 2.05) is 38.4 Å². The van der Waals surface area contributed by atoms with Crippen molar-refractivity contribution < 1.29 is 9.53 Å². The third-order valence-electron chi connectivity index (χ3n) is 5.95. The first kappa shape index (κ1) is 23.8. The summed E-state index contributed by atoms with van der Waals surface area (Å²) in [5, 5.41) is 3.83. The molecule has 1 atom stereocenters. The number of methoxy groups -OCH3 is 1. The Hall–Kier alpha value is -2.36. The minimum atomic E-state index is -0.0268. The Morgan fingerprint density at radius 2 is 2.09 bits per heavy atom. The molecule has 1 aliphatic rings. The first-order chi connectivity index (χ1) is 16.0. The summed E-state index contributed by atoms with van der Waals surface area (Å²) in [4.78, 5) is 36.8. The van der Waals surface area contributed by atoms with Gasteiger partial charge in [0.05, 0.1) is 24.3 Å². The van der Waals surface area contributed by atoms with Gasteiger partial charge in [-0.15, -0.1) is 11.3 Å². The Labute approximate surface area is 201 Å². The number of nitrogens with zero attached hydrogens (tertiary/aromatic N) is 2. The van der Waals surface area contributed by atoms with Crippen LogP contribution in [0.5, 0.6) is 5.75 Å². The number of H-pyrrole nitrogens is 1. The highest BCUT2D eigenvalue weighted by Crippen LogP contribution is 2.34. The van der Waals surface area contributed by atoms with Gasteiger partial charge in [0, 0.05) is 23.6 Å². The van der Waals surface area contributed by atoms with Crippen molar-refractivity contribution in [3.8, 4) is 5.75 Å². The van der Waals surface area contributed by atoms with Gasteiger partial charge in [-0.2, -0.15) is 11.8 Å². The zero-order chi connectivity index (χ0) is 23.4. The molecule has 2 aromatic heterocycles. The zero-order valence-corrected chi connectivity index (χ0v) is 20.9. The third kappa shape index (κ3) is 5.59. The molecule has 1 unspecified atom stereocenters. The van der Waals surface area contributed by atoms with Gasteiger partial charge in [0.15, 0.2) is 0 Å². The molecule has 1 amide bonds. The lowest BCUT2D eigenvalue weighted by Crippen LogP contribution is -2.34. The highest BCUT2D eigenvalue weighted by Gasteiger charge is 2.21. The van der Waals surface area contributed by atoms with Crippen LogP contribution in [0.25, 0.3) is 10.2 Å². The number of hydrogen-bond acceptors (Lipinski definition) is 7. The van der Waals surface area contributed by atoms with E-state index in [0.717, 1.165) is 40.8 Å². The van der Waals surface area contributed by atoms with Crippen molar-refractivity contribution in [2.75, 3.05) is 33.5 Å². The number of benzene rings is 1. The highest BCUT2D eigenvalue weighted by atomic mass is 32.2. The van der Waals surface area contributed by atoms with E-state index < -0.39 is 0 Å². The summed E-state index contributed by atoms with van der Waals surface area (Å²) < 4.78 is 5.23. The van der Waals surface area contributed by atoms with Crippen molar-refractivity contribution in [2.24, 2.45) is 0 Å². The van der Waals surface area contributed by atoms with Crippen LogP contribution in [0.1, 0.15) is 40.7 Å². The molecule has 0 spiro atoms. The number of rotatable bonds is 10. The van der Waals surface area contributed by atoms with Gasteiger partial charge in [-0.3, -0.25) is 9.59 Å². The van der Waals surface area contributed by atoms with Crippen molar-refractivity contribution >= 4 is 39.2 Å². The van der Waals surface area contributed by atoms with Crippen LogP contribution in [-0.2, 0) is 23.4 Å². The van der Waals surface area contributed by atoms with E-state index in [9.17, 15) is 9.59 Å². The normalized spacial score (nSPS) is 13.9. The molecule has 176 valence electrons. The monoisotopic (exact) mass is 486 g/mol. The smallest absolute Gasteiger partial charge is 0.259 e. The van der Waals surface area contributed by atoms with E-state index in [1.165, 1.54) is 10.4 Å². The lowest BCUT2D eigenvalue weighted by Gasteiger charge is -2.25. The van der Waals surface area contributed by atoms with Crippen LogP contribution in [0.15, 0.2) is 29.1 Å². The van der Waals surface area contributed by atoms with Crippen molar-refractivity contribution in [1.29, 1.82) is 0 Å². The van der Waals surface area contributed by atoms with Gasteiger partial charge in [0.25, 0.3) is 5.56 Å². The minimum absolute atomic E-state index is 0.0226. The fourth-order valence-corrected chi connectivity index (χ4v) is 6.26. The summed E-state index contributed by atoms with van der Waals surface area (Å²) in [7, 11) is 5.66. The Morgan fingerprint density at radius 3 is 2.82 bits per heavy atom. The van der Waals surface area contributed by atoms with Crippen molar-refractivity contribution in [1.82, 2.24) is 20.2 Å². The fourth-order valence-electron chi connectivity index (χ4n) is 4.17. The molecule has 9 heteroatoms. The van der Waals surface area contributed by atoms with Crippen LogP contribution in [0.2, 0.25) is 0 Å². The Balaban J connectivity index is 1.25. The summed E-state index contributed by atoms with van der Waals surface area (Å²) in [6.07, 6.45) is 3.59. The average molecular weight is 487 g/mol. The number of ether oxygens (including phenoxy) is 1. The Bertz CT molecular complexity index is 1170. The molecule has 33 heavy (non-hydrogen) atoms. The predicted molar refractivity (Wildman–Crippen MR) is 135 cm³/mol. The minimum Gasteiger partial charge on any atom is -0.497 e. The van der Waals surface area contributed by atoms with E-state index in [2.05, 4.69) is 20.2 Å². The second-order valence-corrected chi connectivity index (χ2v) is 10.6. The molecule has 0 radical (unpaired) electrons. The SMILES string of the molecule is COc1ccc(C(CNC(=O)CCSCc2nc3sc4c(c3c(=O)[nH]2)CCC4)N(C)C)cc1. The Morgan fingerprint density at radius 1 is 1.30 bits per heavy atom. The molecule has 1 aromatic carbocycles. The standard InChI is InChI=1S/C24H30N4O3S2/c1-28(2)18(15-7-9-16(31-3)10-8-15)13-25-21(29)11-12-32-14-20-26-23(30)22-17-5-4-6-19(17)33-24(22)27-20/h7-10,18H,4-6,11-14H2,1-3H3,(H,25,29)(H,26,27,30). The number of aryl methyl sites for hydroxylation is 2. The molecule has 7 nitrogen and oxygen atoms in total. The number of hydrogen-bond donors (Lipinski definition) is 2. The molecule has 0 bridgehead atoms. The summed E-state index contributed by atoms with van der Waals surface area (Å²) in [5.74, 6) is 2.78. The molecule has 1 aliphatic carbocycles. The van der Waals surface area contributed by atoms with Gasteiger partial charge in [-0.05, 0) is 56.6 Å². The molecular weight excluding hydrogens is 456 g/mol. The second kappa shape index (κ2) is 10.7.